The van der Waals surface area contributed by atoms with Crippen LogP contribution in [-0.2, 0) is 23.0 Å². The maximum atomic E-state index is 14.0. The van der Waals surface area contributed by atoms with E-state index in [4.69, 9.17) is 31.3 Å². The minimum atomic E-state index is -4.58. The summed E-state index contributed by atoms with van der Waals surface area (Å²) in [6.07, 6.45) is 4.46. The van der Waals surface area contributed by atoms with Gasteiger partial charge in [0.25, 0.3) is 0 Å². The summed E-state index contributed by atoms with van der Waals surface area (Å²) in [7, 11) is 0. The highest BCUT2D eigenvalue weighted by molar-refractivity contribution is 6.30. The van der Waals surface area contributed by atoms with Crippen LogP contribution in [0.2, 0.25) is 5.02 Å². The van der Waals surface area contributed by atoms with Crippen molar-refractivity contribution in [3.05, 3.63) is 167 Å². The van der Waals surface area contributed by atoms with Gasteiger partial charge in [-0.05, 0) is 80.0 Å². The SMILES string of the molecule is CC[C@@H]1C[C@H](N(Cc2cc(Cl)cc(C(F)(F)F)c2)c2ncc(-c3cn(C(c4ccccc4)(c4ccccc4)c4ccccc4)cn3)cn2)C[C@H](CC)N1C(=O)OC(C)C. The fraction of sp³-hybridized carbons (Fsp3) is 0.319. The highest BCUT2D eigenvalue weighted by Gasteiger charge is 2.42. The zero-order chi connectivity index (χ0) is 41.7. The van der Waals surface area contributed by atoms with Gasteiger partial charge in [0.05, 0.1) is 23.7 Å². The van der Waals surface area contributed by atoms with Crippen LogP contribution in [0.3, 0.4) is 0 Å². The van der Waals surface area contributed by atoms with Gasteiger partial charge in [-0.1, -0.05) is 116 Å². The highest BCUT2D eigenvalue weighted by Crippen LogP contribution is 2.42. The molecule has 2 aromatic heterocycles. The molecule has 1 fully saturated rings. The monoisotopic (exact) mass is 820 g/mol. The molecule has 3 atom stereocenters. The van der Waals surface area contributed by atoms with E-state index in [1.165, 1.54) is 0 Å². The molecule has 4 aromatic carbocycles. The number of amides is 1. The molecular formula is C47H48ClF3N6O2. The summed E-state index contributed by atoms with van der Waals surface area (Å²) in [6, 6.07) is 34.0. The van der Waals surface area contributed by atoms with Crippen molar-refractivity contribution >= 4 is 23.6 Å². The topological polar surface area (TPSA) is 76.4 Å². The largest absolute Gasteiger partial charge is 0.447 e. The molecule has 306 valence electrons. The fourth-order valence-corrected chi connectivity index (χ4v) is 8.76. The third-order valence-corrected chi connectivity index (χ3v) is 11.4. The Labute approximate surface area is 348 Å². The van der Waals surface area contributed by atoms with Crippen LogP contribution >= 0.6 is 11.6 Å². The lowest BCUT2D eigenvalue weighted by Gasteiger charge is -2.47. The number of carbonyl (C=O) groups excluding carboxylic acids is 1. The molecule has 0 bridgehead atoms. The Morgan fingerprint density at radius 3 is 1.80 bits per heavy atom. The Morgan fingerprint density at radius 1 is 0.797 bits per heavy atom. The number of benzene rings is 4. The van der Waals surface area contributed by atoms with Crippen molar-refractivity contribution in [1.82, 2.24) is 24.4 Å². The van der Waals surface area contributed by atoms with Crippen molar-refractivity contribution in [3.8, 4) is 11.3 Å². The zero-order valence-electron chi connectivity index (χ0n) is 33.6. The minimum absolute atomic E-state index is 0.0108. The second-order valence-electron chi connectivity index (χ2n) is 15.3. The van der Waals surface area contributed by atoms with Crippen LogP contribution in [0, 0.1) is 0 Å². The number of hydrogen-bond acceptors (Lipinski definition) is 6. The van der Waals surface area contributed by atoms with Gasteiger partial charge in [-0.2, -0.15) is 13.2 Å². The third kappa shape index (κ3) is 8.71. The number of hydrogen-bond donors (Lipinski definition) is 0. The van der Waals surface area contributed by atoms with E-state index in [1.54, 1.807) is 18.5 Å². The lowest BCUT2D eigenvalue weighted by atomic mass is 9.77. The Morgan fingerprint density at radius 2 is 1.32 bits per heavy atom. The summed E-state index contributed by atoms with van der Waals surface area (Å²) in [5.74, 6) is 0.349. The molecule has 0 N–H and O–H groups in total. The first-order valence-corrected chi connectivity index (χ1v) is 20.5. The molecular weight excluding hydrogens is 773 g/mol. The van der Waals surface area contributed by atoms with Crippen LogP contribution in [0.25, 0.3) is 11.3 Å². The molecule has 12 heteroatoms. The number of nitrogens with zero attached hydrogens (tertiary/aromatic N) is 6. The molecule has 6 aromatic rings. The molecule has 3 heterocycles. The smallest absolute Gasteiger partial charge is 0.416 e. The predicted molar refractivity (Wildman–Crippen MR) is 225 cm³/mol. The lowest BCUT2D eigenvalue weighted by molar-refractivity contribution is -0.137. The molecule has 0 unspecified atom stereocenters. The lowest BCUT2D eigenvalue weighted by Crippen LogP contribution is -2.57. The zero-order valence-corrected chi connectivity index (χ0v) is 34.3. The van der Waals surface area contributed by atoms with E-state index in [0.717, 1.165) is 28.8 Å². The number of halogens is 4. The first kappa shape index (κ1) is 41.5. The van der Waals surface area contributed by atoms with Gasteiger partial charge in [0.2, 0.25) is 5.95 Å². The number of likely N-dealkylation sites (tertiary alicyclic amines) is 1. The van der Waals surface area contributed by atoms with E-state index < -0.39 is 17.3 Å². The first-order chi connectivity index (χ1) is 28.4. The molecule has 1 saturated heterocycles. The number of carbonyl (C=O) groups is 1. The number of ether oxygens (including phenoxy) is 1. The summed E-state index contributed by atoms with van der Waals surface area (Å²) < 4.78 is 49.7. The van der Waals surface area contributed by atoms with E-state index >= 15 is 0 Å². The molecule has 7 rings (SSSR count). The summed E-state index contributed by atoms with van der Waals surface area (Å²) in [4.78, 5) is 31.8. The fourth-order valence-electron chi connectivity index (χ4n) is 8.50. The van der Waals surface area contributed by atoms with Crippen molar-refractivity contribution in [2.75, 3.05) is 4.90 Å². The van der Waals surface area contributed by atoms with E-state index in [1.807, 2.05) is 105 Å². The van der Waals surface area contributed by atoms with Crippen molar-refractivity contribution in [2.45, 2.75) is 95.9 Å². The second kappa shape index (κ2) is 17.7. The Kier molecular flexibility index (Phi) is 12.4. The number of piperidine rings is 1. The standard InChI is InChI=1S/C47H48ClF3N6O2/c1-5-40-25-42(26-41(6-2)57(40)45(58)59-32(3)4)56(29-33-22-38(47(49,50)51)24-39(48)23-33)44-52-27-34(28-53-44)43-30-55(31-54-43)46(35-16-10-7-11-17-35,36-18-12-8-13-19-36)37-20-14-9-15-21-37/h7-24,27-28,30-32,40-42H,5-6,25-26,29H2,1-4H3/t40-,41+,42+. The quantitative estimate of drug-likeness (QED) is 0.114. The van der Waals surface area contributed by atoms with E-state index in [-0.39, 0.29) is 41.9 Å². The van der Waals surface area contributed by atoms with Crippen molar-refractivity contribution in [2.24, 2.45) is 0 Å². The van der Waals surface area contributed by atoms with Crippen LogP contribution in [0.1, 0.15) is 81.2 Å². The van der Waals surface area contributed by atoms with Crippen molar-refractivity contribution < 1.29 is 22.7 Å². The predicted octanol–water partition coefficient (Wildman–Crippen LogP) is 11.4. The molecule has 0 saturated carbocycles. The minimum Gasteiger partial charge on any atom is -0.447 e. The Bertz CT molecular complexity index is 2200. The maximum Gasteiger partial charge on any atom is 0.416 e. The van der Waals surface area contributed by atoms with Gasteiger partial charge in [0.15, 0.2) is 0 Å². The average molecular weight is 821 g/mol. The number of rotatable bonds is 12. The number of aromatic nitrogens is 4. The number of imidazole rings is 1. The maximum absolute atomic E-state index is 14.0. The van der Waals surface area contributed by atoms with Crippen LogP contribution in [0.15, 0.2) is 134 Å². The van der Waals surface area contributed by atoms with Crippen LogP contribution in [-0.4, -0.2) is 54.7 Å². The Hall–Kier alpha value is -5.68. The Balaban J connectivity index is 1.28. The van der Waals surface area contributed by atoms with E-state index in [0.29, 0.717) is 48.5 Å². The third-order valence-electron chi connectivity index (χ3n) is 11.2. The molecule has 0 aliphatic carbocycles. The van der Waals surface area contributed by atoms with E-state index in [2.05, 4.69) is 41.0 Å². The van der Waals surface area contributed by atoms with Crippen LogP contribution in [0.5, 0.6) is 0 Å². The van der Waals surface area contributed by atoms with E-state index in [9.17, 15) is 18.0 Å². The van der Waals surface area contributed by atoms with Gasteiger partial charge < -0.3 is 19.1 Å². The first-order valence-electron chi connectivity index (χ1n) is 20.1. The molecule has 1 amide bonds. The summed E-state index contributed by atoms with van der Waals surface area (Å²) in [5, 5.41) is -0.0108. The summed E-state index contributed by atoms with van der Waals surface area (Å²) >= 11 is 6.28. The van der Waals surface area contributed by atoms with Crippen molar-refractivity contribution in [1.29, 1.82) is 0 Å². The van der Waals surface area contributed by atoms with Gasteiger partial charge in [-0.15, -0.1) is 0 Å². The number of alkyl halides is 3. The van der Waals surface area contributed by atoms with Crippen LogP contribution < -0.4 is 4.90 Å². The van der Waals surface area contributed by atoms with Gasteiger partial charge in [-0.3, -0.25) is 0 Å². The van der Waals surface area contributed by atoms with Gasteiger partial charge in [0.1, 0.15) is 5.54 Å². The molecule has 8 nitrogen and oxygen atoms in total. The molecule has 59 heavy (non-hydrogen) atoms. The molecule has 0 spiro atoms. The molecule has 1 aliphatic heterocycles. The van der Waals surface area contributed by atoms with Crippen LogP contribution in [0.4, 0.5) is 23.9 Å². The molecule has 1 aliphatic rings. The van der Waals surface area contributed by atoms with Crippen molar-refractivity contribution in [3.63, 3.8) is 0 Å². The van der Waals surface area contributed by atoms with Gasteiger partial charge in [-0.25, -0.2) is 19.7 Å². The highest BCUT2D eigenvalue weighted by atomic mass is 35.5. The summed E-state index contributed by atoms with van der Waals surface area (Å²) in [6.45, 7) is 7.77. The summed E-state index contributed by atoms with van der Waals surface area (Å²) in [5.41, 5.74) is 3.26. The average Bonchev–Trinajstić information content (AvgIpc) is 3.73. The molecule has 0 radical (unpaired) electrons. The second-order valence-corrected chi connectivity index (χ2v) is 15.7. The number of anilines is 1. The normalized spacial score (nSPS) is 17.2. The van der Waals surface area contributed by atoms with Gasteiger partial charge in [0, 0.05) is 53.8 Å². The van der Waals surface area contributed by atoms with Gasteiger partial charge >= 0.3 is 12.3 Å².